The van der Waals surface area contributed by atoms with E-state index in [4.69, 9.17) is 9.47 Å². The fraction of sp³-hybridized carbons (Fsp3) is 0.250. The van der Waals surface area contributed by atoms with Gasteiger partial charge in [-0.1, -0.05) is 74.5 Å². The molecule has 0 aliphatic heterocycles. The monoisotopic (exact) mass is 346 g/mol. The molecule has 0 heterocycles. The predicted molar refractivity (Wildman–Crippen MR) is 107 cm³/mol. The molecular weight excluding hydrogens is 320 g/mol. The molecule has 0 spiro atoms. The summed E-state index contributed by atoms with van der Waals surface area (Å²) in [5, 5.41) is 0. The minimum absolute atomic E-state index is 0.235. The normalized spacial score (nSPS) is 13.1. The molecular formula is C24H26O2. The highest BCUT2D eigenvalue weighted by Gasteiger charge is 2.21. The largest absolute Gasteiger partial charge is 0.496 e. The zero-order valence-electron chi connectivity index (χ0n) is 15.9. The second-order valence-electron chi connectivity index (χ2n) is 6.60. The summed E-state index contributed by atoms with van der Waals surface area (Å²) in [7, 11) is 3.44. The van der Waals surface area contributed by atoms with Crippen LogP contribution in [0.3, 0.4) is 0 Å². The van der Waals surface area contributed by atoms with Crippen molar-refractivity contribution in [2.24, 2.45) is 0 Å². The Morgan fingerprint density at radius 1 is 0.577 bits per heavy atom. The molecule has 0 fully saturated rings. The van der Waals surface area contributed by atoms with Gasteiger partial charge in [0.15, 0.2) is 0 Å². The van der Waals surface area contributed by atoms with Crippen molar-refractivity contribution >= 4 is 0 Å². The van der Waals surface area contributed by atoms with E-state index < -0.39 is 0 Å². The van der Waals surface area contributed by atoms with Gasteiger partial charge in [0.05, 0.1) is 14.2 Å². The molecule has 0 aliphatic carbocycles. The van der Waals surface area contributed by atoms with Crippen molar-refractivity contribution in [1.29, 1.82) is 0 Å². The SMILES string of the molecule is COc1cc(OC)c(C(C)c2ccccc2)cc1C(C)c1ccccc1. The minimum atomic E-state index is 0.235. The lowest BCUT2D eigenvalue weighted by atomic mass is 9.86. The van der Waals surface area contributed by atoms with Gasteiger partial charge in [0.1, 0.15) is 11.5 Å². The quantitative estimate of drug-likeness (QED) is 0.544. The number of methoxy groups -OCH3 is 2. The van der Waals surface area contributed by atoms with Crippen molar-refractivity contribution in [3.63, 3.8) is 0 Å². The highest BCUT2D eigenvalue weighted by molar-refractivity contribution is 5.53. The Labute approximate surface area is 156 Å². The van der Waals surface area contributed by atoms with Crippen molar-refractivity contribution < 1.29 is 9.47 Å². The molecule has 0 radical (unpaired) electrons. The van der Waals surface area contributed by atoms with Crippen LogP contribution in [0.2, 0.25) is 0 Å². The smallest absolute Gasteiger partial charge is 0.126 e. The molecule has 26 heavy (non-hydrogen) atoms. The van der Waals surface area contributed by atoms with Gasteiger partial charge in [0.2, 0.25) is 0 Å². The molecule has 3 aromatic carbocycles. The van der Waals surface area contributed by atoms with E-state index in [1.807, 2.05) is 18.2 Å². The van der Waals surface area contributed by atoms with Gasteiger partial charge in [-0.15, -0.1) is 0 Å². The van der Waals surface area contributed by atoms with Gasteiger partial charge in [-0.25, -0.2) is 0 Å². The van der Waals surface area contributed by atoms with Gasteiger partial charge >= 0.3 is 0 Å². The average Bonchev–Trinajstić information content (AvgIpc) is 2.73. The van der Waals surface area contributed by atoms with Crippen LogP contribution in [0.1, 0.15) is 47.9 Å². The third-order valence-corrected chi connectivity index (χ3v) is 5.11. The second-order valence-corrected chi connectivity index (χ2v) is 6.60. The molecule has 0 saturated heterocycles. The molecule has 0 amide bonds. The summed E-state index contributed by atoms with van der Waals surface area (Å²) in [6.07, 6.45) is 0. The molecule has 0 aliphatic rings. The molecule has 3 aromatic rings. The van der Waals surface area contributed by atoms with Crippen LogP contribution in [0.5, 0.6) is 11.5 Å². The molecule has 0 bridgehead atoms. The van der Waals surface area contributed by atoms with Crippen LogP contribution in [0.4, 0.5) is 0 Å². The van der Waals surface area contributed by atoms with Gasteiger partial charge in [-0.3, -0.25) is 0 Å². The van der Waals surface area contributed by atoms with Crippen LogP contribution in [-0.4, -0.2) is 14.2 Å². The lowest BCUT2D eigenvalue weighted by molar-refractivity contribution is 0.386. The number of hydrogen-bond donors (Lipinski definition) is 0. The number of ether oxygens (including phenoxy) is 2. The van der Waals surface area contributed by atoms with Gasteiger partial charge in [-0.2, -0.15) is 0 Å². The van der Waals surface area contributed by atoms with Crippen LogP contribution < -0.4 is 9.47 Å². The maximum Gasteiger partial charge on any atom is 0.126 e. The topological polar surface area (TPSA) is 18.5 Å². The van der Waals surface area contributed by atoms with Crippen molar-refractivity contribution in [3.05, 3.63) is 95.1 Å². The van der Waals surface area contributed by atoms with Gasteiger partial charge in [0.25, 0.3) is 0 Å². The van der Waals surface area contributed by atoms with Crippen LogP contribution in [0, 0.1) is 0 Å². The molecule has 0 N–H and O–H groups in total. The van der Waals surface area contributed by atoms with E-state index in [0.29, 0.717) is 0 Å². The molecule has 2 unspecified atom stereocenters. The minimum Gasteiger partial charge on any atom is -0.496 e. The standard InChI is InChI=1S/C24H26O2/c1-17(19-11-7-5-8-12-19)21-15-22(24(26-4)16-23(21)25-3)18(2)20-13-9-6-10-14-20/h5-18H,1-4H3. The third-order valence-electron chi connectivity index (χ3n) is 5.11. The Balaban J connectivity index is 2.10. The second kappa shape index (κ2) is 8.09. The van der Waals surface area contributed by atoms with E-state index in [9.17, 15) is 0 Å². The maximum absolute atomic E-state index is 5.69. The summed E-state index contributed by atoms with van der Waals surface area (Å²) < 4.78 is 11.4. The van der Waals surface area contributed by atoms with Crippen molar-refractivity contribution in [2.75, 3.05) is 14.2 Å². The molecule has 0 aromatic heterocycles. The van der Waals surface area contributed by atoms with E-state index in [1.54, 1.807) is 14.2 Å². The Hall–Kier alpha value is -2.74. The first-order valence-corrected chi connectivity index (χ1v) is 9.01. The summed E-state index contributed by atoms with van der Waals surface area (Å²) in [4.78, 5) is 0. The van der Waals surface area contributed by atoms with Gasteiger partial charge in [0, 0.05) is 29.0 Å². The van der Waals surface area contributed by atoms with E-state index in [1.165, 1.54) is 22.3 Å². The van der Waals surface area contributed by atoms with Gasteiger partial charge < -0.3 is 9.47 Å². The predicted octanol–water partition coefficient (Wildman–Crippen LogP) is 6.01. The Kier molecular flexibility index (Phi) is 5.62. The first kappa shape index (κ1) is 18.1. The maximum atomic E-state index is 5.69. The summed E-state index contributed by atoms with van der Waals surface area (Å²) in [6.45, 7) is 4.44. The first-order valence-electron chi connectivity index (χ1n) is 9.01. The van der Waals surface area contributed by atoms with E-state index in [-0.39, 0.29) is 11.8 Å². The number of hydrogen-bond acceptors (Lipinski definition) is 2. The highest BCUT2D eigenvalue weighted by atomic mass is 16.5. The van der Waals surface area contributed by atoms with Crippen LogP contribution in [-0.2, 0) is 0 Å². The summed E-state index contributed by atoms with van der Waals surface area (Å²) in [5.41, 5.74) is 4.90. The summed E-state index contributed by atoms with van der Waals surface area (Å²) in [6, 6.07) is 25.3. The average molecular weight is 346 g/mol. The molecule has 2 heteroatoms. The Morgan fingerprint density at radius 3 is 1.31 bits per heavy atom. The zero-order valence-corrected chi connectivity index (χ0v) is 15.9. The lowest BCUT2D eigenvalue weighted by Crippen LogP contribution is -2.05. The number of benzene rings is 3. The molecule has 2 atom stereocenters. The lowest BCUT2D eigenvalue weighted by Gasteiger charge is -2.22. The van der Waals surface area contributed by atoms with Crippen LogP contribution in [0.25, 0.3) is 0 Å². The van der Waals surface area contributed by atoms with Crippen LogP contribution in [0.15, 0.2) is 72.8 Å². The highest BCUT2D eigenvalue weighted by Crippen LogP contribution is 2.40. The third kappa shape index (κ3) is 3.60. The fourth-order valence-corrected chi connectivity index (χ4v) is 3.47. The molecule has 3 rings (SSSR count). The Morgan fingerprint density at radius 2 is 0.962 bits per heavy atom. The Bertz CT molecular complexity index is 772. The summed E-state index contributed by atoms with van der Waals surface area (Å²) in [5.74, 6) is 2.20. The molecule has 134 valence electrons. The fourth-order valence-electron chi connectivity index (χ4n) is 3.47. The molecule has 0 saturated carbocycles. The van der Waals surface area contributed by atoms with Gasteiger partial charge in [-0.05, 0) is 17.2 Å². The summed E-state index contributed by atoms with van der Waals surface area (Å²) >= 11 is 0. The van der Waals surface area contributed by atoms with E-state index in [0.717, 1.165) is 11.5 Å². The van der Waals surface area contributed by atoms with Crippen LogP contribution >= 0.6 is 0 Å². The van der Waals surface area contributed by atoms with Crippen molar-refractivity contribution in [3.8, 4) is 11.5 Å². The molecule has 2 nitrogen and oxygen atoms in total. The van der Waals surface area contributed by atoms with E-state index in [2.05, 4.69) is 68.4 Å². The zero-order chi connectivity index (χ0) is 18.5. The van der Waals surface area contributed by atoms with E-state index >= 15 is 0 Å². The van der Waals surface area contributed by atoms with Crippen molar-refractivity contribution in [1.82, 2.24) is 0 Å². The van der Waals surface area contributed by atoms with Crippen molar-refractivity contribution in [2.45, 2.75) is 25.7 Å². The first-order chi connectivity index (χ1) is 12.7. The number of rotatable bonds is 6.